The fraction of sp³-hybridized carbons (Fsp3) is 0.100. The first kappa shape index (κ1) is 20.6. The van der Waals surface area contributed by atoms with E-state index >= 15 is 0 Å². The molecular formula is C20H18ClN5O2S. The number of hydrogen-bond acceptors (Lipinski definition) is 5. The number of halogens is 1. The van der Waals surface area contributed by atoms with Crippen LogP contribution in [0.4, 0.5) is 5.69 Å². The maximum atomic E-state index is 12.4. The molecule has 2 aromatic carbocycles. The summed E-state index contributed by atoms with van der Waals surface area (Å²) in [7, 11) is 0. The molecule has 3 N–H and O–H groups in total. The van der Waals surface area contributed by atoms with Crippen LogP contribution in [-0.2, 0) is 11.3 Å². The van der Waals surface area contributed by atoms with Crippen molar-refractivity contribution in [3.8, 4) is 11.4 Å². The van der Waals surface area contributed by atoms with Crippen molar-refractivity contribution in [3.63, 3.8) is 0 Å². The van der Waals surface area contributed by atoms with Crippen LogP contribution in [0.15, 0.2) is 66.3 Å². The van der Waals surface area contributed by atoms with E-state index in [1.165, 1.54) is 11.8 Å². The molecule has 1 heterocycles. The van der Waals surface area contributed by atoms with Gasteiger partial charge in [0, 0.05) is 17.1 Å². The molecule has 9 heteroatoms. The van der Waals surface area contributed by atoms with Crippen LogP contribution in [0.2, 0.25) is 5.02 Å². The number of rotatable bonds is 8. The largest absolute Gasteiger partial charge is 0.366 e. The van der Waals surface area contributed by atoms with Gasteiger partial charge in [0.25, 0.3) is 5.91 Å². The van der Waals surface area contributed by atoms with E-state index in [2.05, 4.69) is 22.1 Å². The first-order valence-electron chi connectivity index (χ1n) is 8.61. The fourth-order valence-electron chi connectivity index (χ4n) is 2.63. The van der Waals surface area contributed by atoms with Gasteiger partial charge in [0.05, 0.1) is 17.0 Å². The Labute approximate surface area is 177 Å². The average molecular weight is 428 g/mol. The van der Waals surface area contributed by atoms with Gasteiger partial charge in [0.1, 0.15) is 0 Å². The van der Waals surface area contributed by atoms with Crippen molar-refractivity contribution >= 4 is 40.9 Å². The summed E-state index contributed by atoms with van der Waals surface area (Å²) in [5.41, 5.74) is 6.83. The topological polar surface area (TPSA) is 103 Å². The molecule has 0 radical (unpaired) electrons. The van der Waals surface area contributed by atoms with E-state index in [9.17, 15) is 9.59 Å². The molecule has 0 aliphatic heterocycles. The molecule has 0 atom stereocenters. The Morgan fingerprint density at radius 2 is 1.90 bits per heavy atom. The summed E-state index contributed by atoms with van der Waals surface area (Å²) >= 11 is 7.19. The van der Waals surface area contributed by atoms with E-state index in [1.807, 2.05) is 16.7 Å². The smallest absolute Gasteiger partial charge is 0.250 e. The predicted octanol–water partition coefficient (Wildman–Crippen LogP) is 3.61. The number of nitrogens with two attached hydrogens (primary N) is 1. The number of nitrogens with one attached hydrogen (secondary N) is 1. The lowest BCUT2D eigenvalue weighted by molar-refractivity contribution is -0.113. The highest BCUT2D eigenvalue weighted by Crippen LogP contribution is 2.25. The van der Waals surface area contributed by atoms with Gasteiger partial charge in [-0.3, -0.25) is 14.2 Å². The zero-order chi connectivity index (χ0) is 20.8. The van der Waals surface area contributed by atoms with Crippen LogP contribution in [0.3, 0.4) is 0 Å². The number of primary amides is 1. The zero-order valence-electron chi connectivity index (χ0n) is 15.3. The van der Waals surface area contributed by atoms with Crippen molar-refractivity contribution in [1.82, 2.24) is 14.8 Å². The van der Waals surface area contributed by atoms with Gasteiger partial charge in [-0.15, -0.1) is 16.8 Å². The molecule has 0 aliphatic rings. The summed E-state index contributed by atoms with van der Waals surface area (Å²) in [6.07, 6.45) is 1.73. The fourth-order valence-corrected chi connectivity index (χ4v) is 3.50. The van der Waals surface area contributed by atoms with Crippen LogP contribution in [0, 0.1) is 0 Å². The molecule has 3 rings (SSSR count). The van der Waals surface area contributed by atoms with Gasteiger partial charge in [-0.05, 0) is 36.4 Å². The Morgan fingerprint density at radius 1 is 1.17 bits per heavy atom. The minimum Gasteiger partial charge on any atom is -0.366 e. The number of para-hydroxylation sites is 1. The molecule has 148 valence electrons. The molecule has 0 aliphatic carbocycles. The molecule has 7 nitrogen and oxygen atoms in total. The molecule has 29 heavy (non-hydrogen) atoms. The van der Waals surface area contributed by atoms with Gasteiger partial charge >= 0.3 is 0 Å². The number of hydrogen-bond donors (Lipinski definition) is 2. The number of anilines is 1. The quantitative estimate of drug-likeness (QED) is 0.422. The number of carbonyl (C=O) groups excluding carboxylic acids is 2. The SMILES string of the molecule is C=CCn1c(SCC(=O)Nc2ccccc2C(N)=O)nnc1-c1ccc(Cl)cc1. The number of amides is 2. The average Bonchev–Trinajstić information content (AvgIpc) is 3.10. The monoisotopic (exact) mass is 427 g/mol. The second-order valence-corrected chi connectivity index (χ2v) is 7.34. The number of thioether (sulfide) groups is 1. The van der Waals surface area contributed by atoms with Crippen LogP contribution >= 0.6 is 23.4 Å². The normalized spacial score (nSPS) is 10.5. The molecule has 1 aromatic heterocycles. The molecular weight excluding hydrogens is 410 g/mol. The van der Waals surface area contributed by atoms with E-state index in [4.69, 9.17) is 17.3 Å². The highest BCUT2D eigenvalue weighted by molar-refractivity contribution is 7.99. The first-order valence-corrected chi connectivity index (χ1v) is 9.97. The van der Waals surface area contributed by atoms with E-state index in [0.717, 1.165) is 5.56 Å². The van der Waals surface area contributed by atoms with Gasteiger partial charge in [0.15, 0.2) is 11.0 Å². The van der Waals surface area contributed by atoms with Crippen molar-refractivity contribution in [1.29, 1.82) is 0 Å². The van der Waals surface area contributed by atoms with Crippen molar-refractivity contribution in [2.45, 2.75) is 11.7 Å². The van der Waals surface area contributed by atoms with Crippen LogP contribution in [0.5, 0.6) is 0 Å². The third-order valence-corrected chi connectivity index (χ3v) is 5.15. The van der Waals surface area contributed by atoms with Gasteiger partial charge < -0.3 is 11.1 Å². The summed E-state index contributed by atoms with van der Waals surface area (Å²) in [6, 6.07) is 13.8. The summed E-state index contributed by atoms with van der Waals surface area (Å²) in [4.78, 5) is 23.9. The van der Waals surface area contributed by atoms with Crippen LogP contribution < -0.4 is 11.1 Å². The third-order valence-electron chi connectivity index (χ3n) is 3.93. The molecule has 2 amide bonds. The summed E-state index contributed by atoms with van der Waals surface area (Å²) in [6.45, 7) is 4.26. The number of nitrogens with zero attached hydrogens (tertiary/aromatic N) is 3. The Bertz CT molecular complexity index is 1050. The highest BCUT2D eigenvalue weighted by Gasteiger charge is 2.16. The lowest BCUT2D eigenvalue weighted by Gasteiger charge is -2.10. The van der Waals surface area contributed by atoms with Crippen LogP contribution in [-0.4, -0.2) is 32.3 Å². The van der Waals surface area contributed by atoms with Crippen molar-refractivity contribution in [2.24, 2.45) is 5.73 Å². The van der Waals surface area contributed by atoms with E-state index in [1.54, 1.807) is 42.5 Å². The minimum atomic E-state index is -0.605. The van der Waals surface area contributed by atoms with E-state index < -0.39 is 5.91 Å². The van der Waals surface area contributed by atoms with Gasteiger partial charge in [0.2, 0.25) is 5.91 Å². The zero-order valence-corrected chi connectivity index (χ0v) is 16.9. The Kier molecular flexibility index (Phi) is 6.69. The molecule has 3 aromatic rings. The van der Waals surface area contributed by atoms with E-state index in [0.29, 0.717) is 28.2 Å². The Balaban J connectivity index is 1.74. The number of benzene rings is 2. The molecule has 0 fully saturated rings. The summed E-state index contributed by atoms with van der Waals surface area (Å²) in [5.74, 6) is -0.150. The summed E-state index contributed by atoms with van der Waals surface area (Å²) in [5, 5.41) is 12.4. The molecule has 0 saturated heterocycles. The number of allylic oxidation sites excluding steroid dienone is 1. The molecule has 0 saturated carbocycles. The summed E-state index contributed by atoms with van der Waals surface area (Å²) < 4.78 is 1.87. The predicted molar refractivity (Wildman–Crippen MR) is 115 cm³/mol. The highest BCUT2D eigenvalue weighted by atomic mass is 35.5. The lowest BCUT2D eigenvalue weighted by Crippen LogP contribution is -2.19. The third kappa shape index (κ3) is 5.04. The van der Waals surface area contributed by atoms with Gasteiger partial charge in [-0.1, -0.05) is 41.6 Å². The van der Waals surface area contributed by atoms with Gasteiger partial charge in [-0.2, -0.15) is 0 Å². The number of carbonyl (C=O) groups is 2. The second kappa shape index (κ2) is 9.40. The maximum Gasteiger partial charge on any atom is 0.250 e. The van der Waals surface area contributed by atoms with E-state index in [-0.39, 0.29) is 17.2 Å². The van der Waals surface area contributed by atoms with Crippen molar-refractivity contribution in [2.75, 3.05) is 11.1 Å². The number of aromatic nitrogens is 3. The van der Waals surface area contributed by atoms with Crippen LogP contribution in [0.1, 0.15) is 10.4 Å². The Hall–Kier alpha value is -3.10. The minimum absolute atomic E-state index is 0.0863. The first-order chi connectivity index (χ1) is 14.0. The molecule has 0 spiro atoms. The molecule has 0 unspecified atom stereocenters. The lowest BCUT2D eigenvalue weighted by atomic mass is 10.1. The molecule has 0 bridgehead atoms. The van der Waals surface area contributed by atoms with Gasteiger partial charge in [-0.25, -0.2) is 0 Å². The standard InChI is InChI=1S/C20H18ClN5O2S/c1-2-11-26-19(13-7-9-14(21)10-8-13)24-25-20(26)29-12-17(27)23-16-6-4-3-5-15(16)18(22)28/h2-10H,1,11-12H2,(H2,22,28)(H,23,27). The maximum absolute atomic E-state index is 12.4. The van der Waals surface area contributed by atoms with Crippen LogP contribution in [0.25, 0.3) is 11.4 Å². The van der Waals surface area contributed by atoms with Crippen molar-refractivity contribution < 1.29 is 9.59 Å². The Morgan fingerprint density at radius 3 is 2.59 bits per heavy atom. The second-order valence-electron chi connectivity index (χ2n) is 5.96. The van der Waals surface area contributed by atoms with Crippen molar-refractivity contribution in [3.05, 3.63) is 71.8 Å².